The van der Waals surface area contributed by atoms with Crippen LogP contribution in [0.3, 0.4) is 0 Å². The Morgan fingerprint density at radius 1 is 1.60 bits per heavy atom. The molecule has 0 saturated heterocycles. The molecule has 0 fully saturated rings. The molecule has 0 aliphatic rings. The quantitative estimate of drug-likeness (QED) is 0.751. The number of halogens is 3. The highest BCUT2D eigenvalue weighted by molar-refractivity contribution is 7.09. The van der Waals surface area contributed by atoms with Crippen molar-refractivity contribution < 1.29 is 8.78 Å². The van der Waals surface area contributed by atoms with Crippen molar-refractivity contribution in [2.45, 2.75) is 25.3 Å². The Balaban J connectivity index is 2.62. The van der Waals surface area contributed by atoms with Crippen LogP contribution in [-0.2, 0) is 5.88 Å². The van der Waals surface area contributed by atoms with Crippen molar-refractivity contribution >= 4 is 22.9 Å². The van der Waals surface area contributed by atoms with Crippen molar-refractivity contribution in [3.8, 4) is 0 Å². The average Bonchev–Trinajstić information content (AvgIpc) is 2.63. The van der Waals surface area contributed by atoms with Crippen LogP contribution >= 0.6 is 22.9 Å². The van der Waals surface area contributed by atoms with Crippen molar-refractivity contribution in [3.05, 3.63) is 16.1 Å². The minimum Gasteiger partial charge on any atom is -0.292 e. The van der Waals surface area contributed by atoms with Gasteiger partial charge in [0, 0.05) is 5.38 Å². The summed E-state index contributed by atoms with van der Waals surface area (Å²) in [5.41, 5.74) is 0.800. The lowest BCUT2D eigenvalue weighted by atomic mass is 10.3. The third-order valence-electron chi connectivity index (χ3n) is 2.15. The molecule has 1 rings (SSSR count). The van der Waals surface area contributed by atoms with Gasteiger partial charge in [-0.1, -0.05) is 0 Å². The Hall–Kier alpha value is -0.260. The molecule has 0 N–H and O–H groups in total. The van der Waals surface area contributed by atoms with Gasteiger partial charge in [0.05, 0.1) is 24.2 Å². The van der Waals surface area contributed by atoms with Gasteiger partial charge in [0.1, 0.15) is 5.01 Å². The zero-order valence-electron chi connectivity index (χ0n) is 8.58. The third-order valence-corrected chi connectivity index (χ3v) is 3.49. The van der Waals surface area contributed by atoms with E-state index in [4.69, 9.17) is 11.6 Å². The molecule has 1 heterocycles. The van der Waals surface area contributed by atoms with Gasteiger partial charge in [-0.3, -0.25) is 4.90 Å². The van der Waals surface area contributed by atoms with Crippen molar-refractivity contribution in [2.24, 2.45) is 0 Å². The van der Waals surface area contributed by atoms with E-state index >= 15 is 0 Å². The van der Waals surface area contributed by atoms with Crippen LogP contribution in [0.15, 0.2) is 5.38 Å². The molecule has 1 atom stereocenters. The monoisotopic (exact) mass is 254 g/mol. The first kappa shape index (κ1) is 12.8. The summed E-state index contributed by atoms with van der Waals surface area (Å²) in [6.07, 6.45) is -2.31. The maximum atomic E-state index is 12.2. The summed E-state index contributed by atoms with van der Waals surface area (Å²) >= 11 is 7.07. The number of rotatable bonds is 5. The molecule has 0 spiro atoms. The van der Waals surface area contributed by atoms with Crippen LogP contribution in [-0.4, -0.2) is 29.9 Å². The Kier molecular flexibility index (Phi) is 4.89. The van der Waals surface area contributed by atoms with E-state index in [1.807, 2.05) is 12.3 Å². The zero-order chi connectivity index (χ0) is 11.4. The Labute approximate surface area is 96.9 Å². The highest BCUT2D eigenvalue weighted by atomic mass is 35.5. The number of hydrogen-bond acceptors (Lipinski definition) is 3. The maximum absolute atomic E-state index is 12.2. The van der Waals surface area contributed by atoms with Gasteiger partial charge in [0.25, 0.3) is 6.43 Å². The van der Waals surface area contributed by atoms with E-state index in [2.05, 4.69) is 4.98 Å². The molecule has 0 radical (unpaired) electrons. The molecule has 15 heavy (non-hydrogen) atoms. The van der Waals surface area contributed by atoms with Crippen LogP contribution < -0.4 is 0 Å². The fourth-order valence-corrected chi connectivity index (χ4v) is 2.31. The molecule has 0 amide bonds. The molecule has 0 bridgehead atoms. The summed E-state index contributed by atoms with van der Waals surface area (Å²) in [5.74, 6) is 0.363. The number of hydrogen-bond donors (Lipinski definition) is 0. The molecule has 0 saturated carbocycles. The second kappa shape index (κ2) is 5.72. The number of nitrogens with zero attached hydrogens (tertiary/aromatic N) is 2. The Bertz CT molecular complexity index is 306. The van der Waals surface area contributed by atoms with E-state index in [0.717, 1.165) is 10.7 Å². The summed E-state index contributed by atoms with van der Waals surface area (Å²) < 4.78 is 24.3. The molecule has 1 unspecified atom stereocenters. The Morgan fingerprint density at radius 3 is 2.73 bits per heavy atom. The van der Waals surface area contributed by atoms with Gasteiger partial charge in [-0.25, -0.2) is 13.8 Å². The molecule has 86 valence electrons. The van der Waals surface area contributed by atoms with Gasteiger partial charge >= 0.3 is 0 Å². The first-order valence-electron chi connectivity index (χ1n) is 4.53. The van der Waals surface area contributed by atoms with Gasteiger partial charge < -0.3 is 0 Å². The van der Waals surface area contributed by atoms with E-state index in [1.54, 1.807) is 11.9 Å². The zero-order valence-corrected chi connectivity index (χ0v) is 10.2. The minimum atomic E-state index is -2.31. The molecule has 1 aromatic heterocycles. The van der Waals surface area contributed by atoms with Crippen LogP contribution in [0.1, 0.15) is 23.7 Å². The van der Waals surface area contributed by atoms with Gasteiger partial charge in [-0.05, 0) is 14.0 Å². The molecule has 1 aromatic rings. The predicted molar refractivity (Wildman–Crippen MR) is 58.7 cm³/mol. The van der Waals surface area contributed by atoms with Crippen molar-refractivity contribution in [1.29, 1.82) is 0 Å². The second-order valence-corrected chi connectivity index (χ2v) is 4.47. The van der Waals surface area contributed by atoms with Gasteiger partial charge in [0.15, 0.2) is 0 Å². The summed E-state index contributed by atoms with van der Waals surface area (Å²) in [6, 6.07) is -0.0963. The van der Waals surface area contributed by atoms with Crippen molar-refractivity contribution in [2.75, 3.05) is 13.6 Å². The summed E-state index contributed by atoms with van der Waals surface area (Å²) in [6.45, 7) is 1.62. The van der Waals surface area contributed by atoms with Gasteiger partial charge in [0.2, 0.25) is 0 Å². The standard InChI is InChI=1S/C9H13ClF2N2S/c1-6(14(2)4-8(11)12)9-13-7(3-10)5-15-9/h5-6,8H,3-4H2,1-2H3. The maximum Gasteiger partial charge on any atom is 0.251 e. The Morgan fingerprint density at radius 2 is 2.27 bits per heavy atom. The topological polar surface area (TPSA) is 16.1 Å². The third kappa shape index (κ3) is 3.66. The molecular weight excluding hydrogens is 242 g/mol. The molecule has 6 heteroatoms. The second-order valence-electron chi connectivity index (χ2n) is 3.32. The van der Waals surface area contributed by atoms with Crippen molar-refractivity contribution in [3.63, 3.8) is 0 Å². The lowest BCUT2D eigenvalue weighted by Crippen LogP contribution is -2.27. The SMILES string of the molecule is CC(c1nc(CCl)cs1)N(C)CC(F)F. The minimum absolute atomic E-state index is 0.0963. The van der Waals surface area contributed by atoms with Gasteiger partial charge in [-0.15, -0.1) is 22.9 Å². The van der Waals surface area contributed by atoms with Crippen molar-refractivity contribution in [1.82, 2.24) is 9.88 Å². The van der Waals surface area contributed by atoms with E-state index < -0.39 is 6.43 Å². The fraction of sp³-hybridized carbons (Fsp3) is 0.667. The number of aromatic nitrogens is 1. The lowest BCUT2D eigenvalue weighted by molar-refractivity contribution is 0.0842. The van der Waals surface area contributed by atoms with Gasteiger partial charge in [-0.2, -0.15) is 0 Å². The normalized spacial score (nSPS) is 13.8. The molecule has 2 nitrogen and oxygen atoms in total. The summed E-state index contributed by atoms with van der Waals surface area (Å²) in [5, 5.41) is 2.68. The smallest absolute Gasteiger partial charge is 0.251 e. The predicted octanol–water partition coefficient (Wildman–Crippen LogP) is 3.14. The van der Waals surface area contributed by atoms with Crippen LogP contribution in [0.25, 0.3) is 0 Å². The van der Waals surface area contributed by atoms with E-state index in [0.29, 0.717) is 5.88 Å². The highest BCUT2D eigenvalue weighted by Gasteiger charge is 2.18. The van der Waals surface area contributed by atoms with E-state index in [-0.39, 0.29) is 12.6 Å². The van der Waals surface area contributed by atoms with Crippen LogP contribution in [0.4, 0.5) is 8.78 Å². The largest absolute Gasteiger partial charge is 0.292 e. The summed E-state index contributed by atoms with van der Waals surface area (Å²) in [7, 11) is 1.67. The van der Waals surface area contributed by atoms with E-state index in [9.17, 15) is 8.78 Å². The molecule has 0 aromatic carbocycles. The first-order chi connectivity index (χ1) is 7.04. The van der Waals surface area contributed by atoms with Crippen LogP contribution in [0, 0.1) is 0 Å². The lowest BCUT2D eigenvalue weighted by Gasteiger charge is -2.22. The average molecular weight is 255 g/mol. The molecular formula is C9H13ClF2N2S. The van der Waals surface area contributed by atoms with Crippen LogP contribution in [0.2, 0.25) is 0 Å². The number of alkyl halides is 3. The first-order valence-corrected chi connectivity index (χ1v) is 5.94. The van der Waals surface area contributed by atoms with E-state index in [1.165, 1.54) is 11.3 Å². The number of thiazole rings is 1. The summed E-state index contributed by atoms with van der Waals surface area (Å²) in [4.78, 5) is 5.84. The molecule has 0 aliphatic carbocycles. The highest BCUT2D eigenvalue weighted by Crippen LogP contribution is 2.23. The molecule has 0 aliphatic heterocycles. The van der Waals surface area contributed by atoms with Crippen LogP contribution in [0.5, 0.6) is 0 Å². The fourth-order valence-electron chi connectivity index (χ4n) is 1.14.